The summed E-state index contributed by atoms with van der Waals surface area (Å²) in [7, 11) is 6.30. The van der Waals surface area contributed by atoms with Gasteiger partial charge in [-0.2, -0.15) is 0 Å². The molecule has 72 valence electrons. The van der Waals surface area contributed by atoms with Gasteiger partial charge in [0.2, 0.25) is 0 Å². The van der Waals surface area contributed by atoms with Gasteiger partial charge in [-0.15, -0.1) is 0 Å². The van der Waals surface area contributed by atoms with Gasteiger partial charge in [0, 0.05) is 19.6 Å². The molecule has 1 aliphatic rings. The van der Waals surface area contributed by atoms with Crippen molar-refractivity contribution in [1.29, 1.82) is 0 Å². The third kappa shape index (κ3) is 3.52. The van der Waals surface area contributed by atoms with Gasteiger partial charge in [0.25, 0.3) is 0 Å². The molecule has 0 spiro atoms. The molecule has 0 aromatic carbocycles. The van der Waals surface area contributed by atoms with Crippen LogP contribution in [0, 0.1) is 0 Å². The van der Waals surface area contributed by atoms with Crippen molar-refractivity contribution in [3.05, 3.63) is 0 Å². The first kappa shape index (κ1) is 9.96. The maximum Gasteiger partial charge on any atom is 0.0714 e. The fraction of sp³-hybridized carbons (Fsp3) is 1.00. The van der Waals surface area contributed by atoms with Gasteiger partial charge in [0.1, 0.15) is 0 Å². The summed E-state index contributed by atoms with van der Waals surface area (Å²) in [6, 6.07) is 0. The Morgan fingerprint density at radius 3 is 2.75 bits per heavy atom. The zero-order chi connectivity index (χ0) is 8.97. The van der Waals surface area contributed by atoms with E-state index < -0.39 is 0 Å². The number of nitrogens with zero attached hydrogens (tertiary/aromatic N) is 2. The van der Waals surface area contributed by atoms with Gasteiger partial charge < -0.3 is 14.5 Å². The Morgan fingerprint density at radius 1 is 1.50 bits per heavy atom. The van der Waals surface area contributed by atoms with Gasteiger partial charge in [-0.25, -0.2) is 0 Å². The highest BCUT2D eigenvalue weighted by molar-refractivity contribution is 4.72. The van der Waals surface area contributed by atoms with Gasteiger partial charge >= 0.3 is 0 Å². The Balaban J connectivity index is 2.00. The minimum atomic E-state index is 0.481. The van der Waals surface area contributed by atoms with E-state index in [1.165, 1.54) is 13.0 Å². The molecule has 0 aromatic heterocycles. The van der Waals surface area contributed by atoms with E-state index in [-0.39, 0.29) is 0 Å². The largest absolute Gasteiger partial charge is 0.376 e. The lowest BCUT2D eigenvalue weighted by atomic mass is 10.3. The van der Waals surface area contributed by atoms with Crippen LogP contribution in [-0.4, -0.2) is 63.3 Å². The second-order valence-corrected chi connectivity index (χ2v) is 3.85. The first-order valence-electron chi connectivity index (χ1n) is 4.63. The zero-order valence-electron chi connectivity index (χ0n) is 8.42. The number of likely N-dealkylation sites (tertiary alicyclic amines) is 1. The van der Waals surface area contributed by atoms with Crippen LogP contribution in [0.2, 0.25) is 0 Å². The van der Waals surface area contributed by atoms with Gasteiger partial charge in [-0.1, -0.05) is 0 Å². The summed E-state index contributed by atoms with van der Waals surface area (Å²) < 4.78 is 5.70. The number of likely N-dealkylation sites (N-methyl/N-ethyl adjacent to an activating group) is 2. The van der Waals surface area contributed by atoms with E-state index in [1.807, 2.05) is 0 Å². The average molecular weight is 172 g/mol. The maximum atomic E-state index is 5.70. The van der Waals surface area contributed by atoms with Gasteiger partial charge in [-0.05, 0) is 27.6 Å². The highest BCUT2D eigenvalue weighted by Gasteiger charge is 2.19. The highest BCUT2D eigenvalue weighted by Crippen LogP contribution is 2.09. The normalized spacial score (nSPS) is 25.5. The molecular formula is C9H20N2O. The van der Waals surface area contributed by atoms with Crippen molar-refractivity contribution in [3.63, 3.8) is 0 Å². The lowest BCUT2D eigenvalue weighted by molar-refractivity contribution is 0.0515. The molecule has 1 heterocycles. The highest BCUT2D eigenvalue weighted by atomic mass is 16.5. The Labute approximate surface area is 75.3 Å². The first-order valence-corrected chi connectivity index (χ1v) is 4.63. The van der Waals surface area contributed by atoms with Crippen LogP contribution in [-0.2, 0) is 4.74 Å². The second kappa shape index (κ2) is 4.80. The molecule has 0 bridgehead atoms. The predicted octanol–water partition coefficient (Wildman–Crippen LogP) is 0.269. The Morgan fingerprint density at radius 2 is 2.25 bits per heavy atom. The summed E-state index contributed by atoms with van der Waals surface area (Å²) >= 11 is 0. The van der Waals surface area contributed by atoms with Crippen LogP contribution in [0.5, 0.6) is 0 Å². The number of rotatable bonds is 4. The zero-order valence-corrected chi connectivity index (χ0v) is 8.42. The van der Waals surface area contributed by atoms with Crippen molar-refractivity contribution < 1.29 is 4.74 Å². The minimum absolute atomic E-state index is 0.481. The molecule has 1 rings (SSSR count). The monoisotopic (exact) mass is 172 g/mol. The molecule has 1 saturated heterocycles. The van der Waals surface area contributed by atoms with E-state index in [2.05, 4.69) is 30.9 Å². The minimum Gasteiger partial charge on any atom is -0.376 e. The van der Waals surface area contributed by atoms with Crippen molar-refractivity contribution in [2.24, 2.45) is 0 Å². The predicted molar refractivity (Wildman–Crippen MR) is 50.4 cm³/mol. The van der Waals surface area contributed by atoms with E-state index >= 15 is 0 Å². The smallest absolute Gasteiger partial charge is 0.0714 e. The fourth-order valence-corrected chi connectivity index (χ4v) is 1.43. The number of hydrogen-bond acceptors (Lipinski definition) is 3. The molecule has 0 aromatic rings. The van der Waals surface area contributed by atoms with Crippen LogP contribution in [0.3, 0.4) is 0 Å². The molecule has 1 aliphatic heterocycles. The Bertz CT molecular complexity index is 128. The standard InChI is InChI=1S/C9H20N2O/c1-10(2)6-7-12-9-4-5-11(3)8-9/h9H,4-8H2,1-3H3. The van der Waals surface area contributed by atoms with E-state index in [0.29, 0.717) is 6.10 Å². The summed E-state index contributed by atoms with van der Waals surface area (Å²) in [4.78, 5) is 4.47. The molecular weight excluding hydrogens is 152 g/mol. The quantitative estimate of drug-likeness (QED) is 0.605. The third-order valence-corrected chi connectivity index (χ3v) is 2.24. The fourth-order valence-electron chi connectivity index (χ4n) is 1.43. The maximum absolute atomic E-state index is 5.70. The average Bonchev–Trinajstić information content (AvgIpc) is 2.35. The van der Waals surface area contributed by atoms with Crippen molar-refractivity contribution in [3.8, 4) is 0 Å². The molecule has 3 nitrogen and oxygen atoms in total. The third-order valence-electron chi connectivity index (χ3n) is 2.24. The van der Waals surface area contributed by atoms with Crippen LogP contribution in [0.4, 0.5) is 0 Å². The molecule has 1 unspecified atom stereocenters. The molecule has 12 heavy (non-hydrogen) atoms. The van der Waals surface area contributed by atoms with Crippen LogP contribution < -0.4 is 0 Å². The molecule has 0 saturated carbocycles. The second-order valence-electron chi connectivity index (χ2n) is 3.85. The van der Waals surface area contributed by atoms with Crippen LogP contribution in [0.25, 0.3) is 0 Å². The topological polar surface area (TPSA) is 15.7 Å². The van der Waals surface area contributed by atoms with E-state index in [1.54, 1.807) is 0 Å². The van der Waals surface area contributed by atoms with Crippen molar-refractivity contribution in [2.45, 2.75) is 12.5 Å². The molecule has 3 heteroatoms. The molecule has 0 N–H and O–H groups in total. The number of ether oxygens (including phenoxy) is 1. The summed E-state index contributed by atoms with van der Waals surface area (Å²) in [5.74, 6) is 0. The van der Waals surface area contributed by atoms with Gasteiger partial charge in [-0.3, -0.25) is 0 Å². The van der Waals surface area contributed by atoms with Crippen LogP contribution in [0.1, 0.15) is 6.42 Å². The molecule has 0 aliphatic carbocycles. The van der Waals surface area contributed by atoms with E-state index in [9.17, 15) is 0 Å². The van der Waals surface area contributed by atoms with Gasteiger partial charge in [0.05, 0.1) is 12.7 Å². The van der Waals surface area contributed by atoms with Crippen LogP contribution >= 0.6 is 0 Å². The SMILES string of the molecule is CN(C)CCOC1CCN(C)C1. The van der Waals surface area contributed by atoms with Crippen molar-refractivity contribution in [1.82, 2.24) is 9.80 Å². The lowest BCUT2D eigenvalue weighted by Gasteiger charge is -2.14. The summed E-state index contributed by atoms with van der Waals surface area (Å²) in [5.41, 5.74) is 0. The molecule has 1 fully saturated rings. The molecule has 0 amide bonds. The van der Waals surface area contributed by atoms with Crippen LogP contribution in [0.15, 0.2) is 0 Å². The molecule has 1 atom stereocenters. The number of hydrogen-bond donors (Lipinski definition) is 0. The van der Waals surface area contributed by atoms with Crippen molar-refractivity contribution in [2.75, 3.05) is 47.4 Å². The summed E-state index contributed by atoms with van der Waals surface area (Å²) in [5, 5.41) is 0. The lowest BCUT2D eigenvalue weighted by Crippen LogP contribution is -2.24. The first-order chi connectivity index (χ1) is 5.68. The Kier molecular flexibility index (Phi) is 3.98. The molecule has 0 radical (unpaired) electrons. The summed E-state index contributed by atoms with van der Waals surface area (Å²) in [6.07, 6.45) is 1.68. The van der Waals surface area contributed by atoms with Gasteiger partial charge in [0.15, 0.2) is 0 Å². The van der Waals surface area contributed by atoms with Crippen molar-refractivity contribution >= 4 is 0 Å². The Hall–Kier alpha value is -0.120. The van der Waals surface area contributed by atoms with E-state index in [4.69, 9.17) is 4.74 Å². The summed E-state index contributed by atoms with van der Waals surface area (Å²) in [6.45, 7) is 4.19. The van der Waals surface area contributed by atoms with E-state index in [0.717, 1.165) is 19.7 Å².